The standard InChI is InChI=1S/C19H17BrN2O4/c1-2-26-18(24)15-16(11-6-4-3-5-7-11)21-19(25)22-17(15)13-10-12(20)8-9-14(13)23/h3-10,17,23H,2H2,1H3,(H2,21,22,25)/t17-/m1/s1. The van der Waals surface area contributed by atoms with Crippen LogP contribution >= 0.6 is 15.9 Å². The zero-order valence-electron chi connectivity index (χ0n) is 14.0. The molecule has 0 saturated heterocycles. The van der Waals surface area contributed by atoms with Crippen LogP contribution in [-0.4, -0.2) is 23.7 Å². The molecule has 1 aliphatic heterocycles. The lowest BCUT2D eigenvalue weighted by Crippen LogP contribution is -2.45. The fourth-order valence-corrected chi connectivity index (χ4v) is 3.19. The highest BCUT2D eigenvalue weighted by Gasteiger charge is 2.35. The summed E-state index contributed by atoms with van der Waals surface area (Å²) < 4.78 is 5.92. The molecule has 0 fully saturated rings. The molecule has 0 saturated carbocycles. The maximum atomic E-state index is 12.7. The lowest BCUT2D eigenvalue weighted by atomic mass is 9.92. The van der Waals surface area contributed by atoms with Crippen LogP contribution in [0.15, 0.2) is 58.6 Å². The van der Waals surface area contributed by atoms with Gasteiger partial charge in [-0.15, -0.1) is 0 Å². The number of urea groups is 1. The Bertz CT molecular complexity index is 880. The largest absolute Gasteiger partial charge is 0.508 e. The van der Waals surface area contributed by atoms with Crippen molar-refractivity contribution in [3.05, 3.63) is 69.7 Å². The second kappa shape index (κ2) is 7.61. The average Bonchev–Trinajstić information content (AvgIpc) is 2.64. The molecule has 0 radical (unpaired) electrons. The van der Waals surface area contributed by atoms with Gasteiger partial charge in [-0.3, -0.25) is 0 Å². The smallest absolute Gasteiger partial charge is 0.338 e. The van der Waals surface area contributed by atoms with Crippen LogP contribution in [0.3, 0.4) is 0 Å². The first-order chi connectivity index (χ1) is 12.5. The van der Waals surface area contributed by atoms with E-state index in [1.54, 1.807) is 31.2 Å². The van der Waals surface area contributed by atoms with Crippen molar-refractivity contribution in [2.75, 3.05) is 6.61 Å². The zero-order chi connectivity index (χ0) is 18.7. The van der Waals surface area contributed by atoms with Crippen LogP contribution in [-0.2, 0) is 9.53 Å². The van der Waals surface area contributed by atoms with Gasteiger partial charge in [0.2, 0.25) is 0 Å². The van der Waals surface area contributed by atoms with E-state index in [9.17, 15) is 14.7 Å². The van der Waals surface area contributed by atoms with Gasteiger partial charge in [0.25, 0.3) is 0 Å². The van der Waals surface area contributed by atoms with E-state index in [0.717, 1.165) is 0 Å². The molecule has 0 bridgehead atoms. The van der Waals surface area contributed by atoms with Crippen molar-refractivity contribution in [1.29, 1.82) is 0 Å². The summed E-state index contributed by atoms with van der Waals surface area (Å²) in [7, 11) is 0. The number of halogens is 1. The van der Waals surface area contributed by atoms with Crippen LogP contribution in [0.2, 0.25) is 0 Å². The highest BCUT2D eigenvalue weighted by atomic mass is 79.9. The molecule has 1 atom stereocenters. The summed E-state index contributed by atoms with van der Waals surface area (Å²) in [6.07, 6.45) is 0. The third kappa shape index (κ3) is 3.57. The van der Waals surface area contributed by atoms with Crippen LogP contribution in [0.25, 0.3) is 5.70 Å². The number of hydrogen-bond donors (Lipinski definition) is 3. The number of aromatic hydroxyl groups is 1. The highest BCUT2D eigenvalue weighted by Crippen LogP contribution is 2.37. The fraction of sp³-hybridized carbons (Fsp3) is 0.158. The molecule has 6 nitrogen and oxygen atoms in total. The minimum Gasteiger partial charge on any atom is -0.508 e. The van der Waals surface area contributed by atoms with Crippen molar-refractivity contribution < 1.29 is 19.4 Å². The molecule has 2 aromatic carbocycles. The average molecular weight is 417 g/mol. The second-order valence-electron chi connectivity index (χ2n) is 5.61. The molecule has 134 valence electrons. The molecular formula is C19H17BrN2O4. The van der Waals surface area contributed by atoms with Crippen molar-refractivity contribution in [3.63, 3.8) is 0 Å². The van der Waals surface area contributed by atoms with Crippen molar-refractivity contribution in [2.24, 2.45) is 0 Å². The predicted octanol–water partition coefficient (Wildman–Crippen LogP) is 3.48. The summed E-state index contributed by atoms with van der Waals surface area (Å²) in [5.41, 5.74) is 1.65. The normalized spacial score (nSPS) is 16.7. The maximum absolute atomic E-state index is 12.7. The Balaban J connectivity index is 2.22. The van der Waals surface area contributed by atoms with Gasteiger partial charge in [-0.2, -0.15) is 0 Å². The number of hydrogen-bond acceptors (Lipinski definition) is 4. The zero-order valence-corrected chi connectivity index (χ0v) is 15.5. The summed E-state index contributed by atoms with van der Waals surface area (Å²) >= 11 is 3.35. The summed E-state index contributed by atoms with van der Waals surface area (Å²) in [5.74, 6) is -0.599. The Morgan fingerprint density at radius 2 is 1.96 bits per heavy atom. The van der Waals surface area contributed by atoms with Gasteiger partial charge in [-0.1, -0.05) is 46.3 Å². The quantitative estimate of drug-likeness (QED) is 0.665. The molecule has 3 rings (SSSR count). The molecule has 0 aliphatic carbocycles. The van der Waals surface area contributed by atoms with Gasteiger partial charge in [0.05, 0.1) is 23.9 Å². The van der Waals surface area contributed by atoms with E-state index < -0.39 is 18.0 Å². The molecule has 1 aliphatic rings. The summed E-state index contributed by atoms with van der Waals surface area (Å²) in [6.45, 7) is 1.90. The summed E-state index contributed by atoms with van der Waals surface area (Å²) in [4.78, 5) is 25.0. The molecule has 2 aromatic rings. The van der Waals surface area contributed by atoms with Crippen LogP contribution in [0.4, 0.5) is 4.79 Å². The minimum absolute atomic E-state index is 0.0328. The number of ether oxygens (including phenoxy) is 1. The number of phenols is 1. The van der Waals surface area contributed by atoms with Crippen molar-refractivity contribution in [3.8, 4) is 5.75 Å². The van der Waals surface area contributed by atoms with Crippen LogP contribution in [0.1, 0.15) is 24.1 Å². The SMILES string of the molecule is CCOC(=O)C1=C(c2ccccc2)NC(=O)N[C@@H]1c1cc(Br)ccc1O. The van der Waals surface area contributed by atoms with Gasteiger partial charge >= 0.3 is 12.0 Å². The molecule has 3 N–H and O–H groups in total. The van der Waals surface area contributed by atoms with Gasteiger partial charge < -0.3 is 20.5 Å². The van der Waals surface area contributed by atoms with Crippen LogP contribution in [0, 0.1) is 0 Å². The number of carbonyl (C=O) groups is 2. The van der Waals surface area contributed by atoms with E-state index in [2.05, 4.69) is 26.6 Å². The molecule has 1 heterocycles. The van der Waals surface area contributed by atoms with Crippen molar-refractivity contribution in [1.82, 2.24) is 10.6 Å². The topological polar surface area (TPSA) is 87.7 Å². The number of rotatable bonds is 4. The molecule has 0 aromatic heterocycles. The van der Waals surface area contributed by atoms with E-state index in [0.29, 0.717) is 21.3 Å². The second-order valence-corrected chi connectivity index (χ2v) is 6.53. The lowest BCUT2D eigenvalue weighted by molar-refractivity contribution is -0.138. The molecule has 0 spiro atoms. The van der Waals surface area contributed by atoms with Gasteiger partial charge in [0, 0.05) is 10.0 Å². The number of carbonyl (C=O) groups excluding carboxylic acids is 2. The monoisotopic (exact) mass is 416 g/mol. The highest BCUT2D eigenvalue weighted by molar-refractivity contribution is 9.10. The molecular weight excluding hydrogens is 400 g/mol. The van der Waals surface area contributed by atoms with Crippen molar-refractivity contribution in [2.45, 2.75) is 13.0 Å². The Morgan fingerprint density at radius 1 is 1.23 bits per heavy atom. The number of benzene rings is 2. The van der Waals surface area contributed by atoms with Crippen LogP contribution < -0.4 is 10.6 Å². The van der Waals surface area contributed by atoms with Crippen LogP contribution in [0.5, 0.6) is 5.75 Å². The third-order valence-corrected chi connectivity index (χ3v) is 4.42. The van der Waals surface area contributed by atoms with E-state index in [-0.39, 0.29) is 17.9 Å². The Morgan fingerprint density at radius 3 is 2.65 bits per heavy atom. The van der Waals surface area contributed by atoms with E-state index in [1.165, 1.54) is 6.07 Å². The summed E-state index contributed by atoms with van der Waals surface area (Å²) in [6, 6.07) is 12.6. The maximum Gasteiger partial charge on any atom is 0.338 e. The third-order valence-electron chi connectivity index (χ3n) is 3.93. The molecule has 2 amide bonds. The van der Waals surface area contributed by atoms with Gasteiger partial charge in [-0.05, 0) is 30.7 Å². The first-order valence-electron chi connectivity index (χ1n) is 8.04. The summed E-state index contributed by atoms with van der Waals surface area (Å²) in [5, 5.41) is 15.7. The first-order valence-corrected chi connectivity index (χ1v) is 8.83. The molecule has 26 heavy (non-hydrogen) atoms. The van der Waals surface area contributed by atoms with E-state index in [4.69, 9.17) is 4.74 Å². The van der Waals surface area contributed by atoms with E-state index in [1.807, 2.05) is 18.2 Å². The number of esters is 1. The molecule has 7 heteroatoms. The lowest BCUT2D eigenvalue weighted by Gasteiger charge is -2.30. The van der Waals surface area contributed by atoms with Gasteiger partial charge in [-0.25, -0.2) is 9.59 Å². The fourth-order valence-electron chi connectivity index (χ4n) is 2.82. The van der Waals surface area contributed by atoms with Gasteiger partial charge in [0.1, 0.15) is 5.75 Å². The Hall–Kier alpha value is -2.80. The number of phenolic OH excluding ortho intramolecular Hbond substituents is 1. The molecule has 0 unspecified atom stereocenters. The first kappa shape index (κ1) is 18.0. The van der Waals surface area contributed by atoms with Gasteiger partial charge in [0.15, 0.2) is 0 Å². The predicted molar refractivity (Wildman–Crippen MR) is 100 cm³/mol. The number of nitrogens with one attached hydrogen (secondary N) is 2. The number of amides is 2. The van der Waals surface area contributed by atoms with Crippen molar-refractivity contribution >= 4 is 33.6 Å². The Labute approximate surface area is 159 Å². The minimum atomic E-state index is -0.851. The Kier molecular flexibility index (Phi) is 5.27. The van der Waals surface area contributed by atoms with E-state index >= 15 is 0 Å².